The molecule has 0 nitrogen and oxygen atoms in total. The van der Waals surface area contributed by atoms with Crippen molar-refractivity contribution < 1.29 is 0 Å². The van der Waals surface area contributed by atoms with Gasteiger partial charge in [0.2, 0.25) is 0 Å². The lowest BCUT2D eigenvalue weighted by Gasteiger charge is -2.22. The summed E-state index contributed by atoms with van der Waals surface area (Å²) in [5.41, 5.74) is 5.05. The standard InChI is InChI=1S/C12H6/c1-2-6-10-9(5-1)11-7-3-4-8-12(10)11/h1-5,8H. The Morgan fingerprint density at radius 1 is 0.750 bits per heavy atom. The van der Waals surface area contributed by atoms with E-state index in [2.05, 4.69) is 24.3 Å². The largest absolute Gasteiger partial charge is 0.0610 e. The van der Waals surface area contributed by atoms with Crippen molar-refractivity contribution in [2.75, 3.05) is 0 Å². The fourth-order valence-corrected chi connectivity index (χ4v) is 1.67. The minimum Gasteiger partial charge on any atom is -0.0610 e. The predicted octanol–water partition coefficient (Wildman–Crippen LogP) is 2.93. The summed E-state index contributed by atoms with van der Waals surface area (Å²) in [7, 11) is 0. The maximum atomic E-state index is 3.22. The lowest BCUT2D eigenvalue weighted by Crippen LogP contribution is -1.97. The van der Waals surface area contributed by atoms with Crippen LogP contribution in [-0.4, -0.2) is 0 Å². The van der Waals surface area contributed by atoms with Gasteiger partial charge in [0.25, 0.3) is 0 Å². The van der Waals surface area contributed by atoms with E-state index < -0.39 is 0 Å². The third kappa shape index (κ3) is 0.578. The van der Waals surface area contributed by atoms with E-state index in [0.717, 1.165) is 0 Å². The maximum absolute atomic E-state index is 3.22. The van der Waals surface area contributed by atoms with Crippen LogP contribution in [0.3, 0.4) is 0 Å². The summed E-state index contributed by atoms with van der Waals surface area (Å²) >= 11 is 0. The van der Waals surface area contributed by atoms with Crippen molar-refractivity contribution in [3.05, 3.63) is 48.5 Å². The molecule has 12 heavy (non-hydrogen) atoms. The van der Waals surface area contributed by atoms with Crippen LogP contribution in [0.15, 0.2) is 36.4 Å². The molecule has 0 fully saturated rings. The fraction of sp³-hybridized carbons (Fsp3) is 0. The van der Waals surface area contributed by atoms with Gasteiger partial charge in [0.15, 0.2) is 0 Å². The van der Waals surface area contributed by atoms with Crippen molar-refractivity contribution in [2.24, 2.45) is 0 Å². The van der Waals surface area contributed by atoms with Crippen LogP contribution in [0, 0.1) is 12.1 Å². The van der Waals surface area contributed by atoms with Gasteiger partial charge in [-0.05, 0) is 34.4 Å². The van der Waals surface area contributed by atoms with Crippen LogP contribution in [0.1, 0.15) is 0 Å². The quantitative estimate of drug-likeness (QED) is 0.462. The molecule has 0 heterocycles. The van der Waals surface area contributed by atoms with Crippen molar-refractivity contribution in [3.8, 4) is 22.3 Å². The van der Waals surface area contributed by atoms with Crippen molar-refractivity contribution >= 4 is 0 Å². The third-order valence-corrected chi connectivity index (χ3v) is 2.25. The van der Waals surface area contributed by atoms with Gasteiger partial charge in [-0.2, -0.15) is 0 Å². The predicted molar refractivity (Wildman–Crippen MR) is 48.5 cm³/mol. The van der Waals surface area contributed by atoms with Crippen molar-refractivity contribution in [3.63, 3.8) is 0 Å². The first-order chi connectivity index (χ1) is 5.97. The molecule has 1 aliphatic rings. The lowest BCUT2D eigenvalue weighted by atomic mass is 9.81. The first-order valence-electron chi connectivity index (χ1n) is 3.99. The zero-order valence-electron chi connectivity index (χ0n) is 6.46. The summed E-state index contributed by atoms with van der Waals surface area (Å²) in [6.45, 7) is 0. The lowest BCUT2D eigenvalue weighted by molar-refractivity contribution is 1.51. The van der Waals surface area contributed by atoms with E-state index in [1.165, 1.54) is 22.3 Å². The average molecular weight is 150 g/mol. The molecule has 0 spiro atoms. The first kappa shape index (κ1) is 6.01. The molecule has 0 saturated carbocycles. The summed E-state index contributed by atoms with van der Waals surface area (Å²) in [6, 6.07) is 18.6. The normalized spacial score (nSPS) is 11.3. The Hall–Kier alpha value is -1.56. The molecule has 0 bridgehead atoms. The number of fused-ring (bicyclic) bond motifs is 4. The smallest absolute Gasteiger partial charge is 0.00197 e. The van der Waals surface area contributed by atoms with Gasteiger partial charge in [-0.1, -0.05) is 36.4 Å². The second kappa shape index (κ2) is 1.98. The van der Waals surface area contributed by atoms with Gasteiger partial charge in [0.05, 0.1) is 0 Å². The van der Waals surface area contributed by atoms with Gasteiger partial charge in [-0.25, -0.2) is 0 Å². The van der Waals surface area contributed by atoms with Crippen LogP contribution in [-0.2, 0) is 0 Å². The molecule has 0 saturated heterocycles. The summed E-state index contributed by atoms with van der Waals surface area (Å²) < 4.78 is 0. The van der Waals surface area contributed by atoms with E-state index >= 15 is 0 Å². The molecule has 1 aliphatic carbocycles. The number of hydrogen-bond donors (Lipinski definition) is 0. The van der Waals surface area contributed by atoms with Crippen LogP contribution in [0.4, 0.5) is 0 Å². The molecule has 2 aromatic carbocycles. The second-order valence-corrected chi connectivity index (χ2v) is 2.92. The third-order valence-electron chi connectivity index (χ3n) is 2.25. The minimum atomic E-state index is 1.24. The molecule has 0 aromatic heterocycles. The number of benzene rings is 2. The van der Waals surface area contributed by atoms with Crippen LogP contribution >= 0.6 is 0 Å². The Labute approximate surface area is 71.5 Å². The molecule has 0 aliphatic heterocycles. The average Bonchev–Trinajstić information content (AvgIpc) is 2.14. The second-order valence-electron chi connectivity index (χ2n) is 2.92. The molecule has 3 rings (SSSR count). The van der Waals surface area contributed by atoms with Crippen LogP contribution in [0.2, 0.25) is 0 Å². The molecular weight excluding hydrogens is 144 g/mol. The first-order valence-corrected chi connectivity index (χ1v) is 3.99. The SMILES string of the molecule is [c]1cccc2c1-c1ccc[c]c1-2. The zero-order valence-corrected chi connectivity index (χ0v) is 6.46. The van der Waals surface area contributed by atoms with Crippen molar-refractivity contribution in [1.82, 2.24) is 0 Å². The van der Waals surface area contributed by atoms with E-state index in [1.807, 2.05) is 24.3 Å². The highest BCUT2D eigenvalue weighted by Crippen LogP contribution is 2.45. The van der Waals surface area contributed by atoms with E-state index in [-0.39, 0.29) is 0 Å². The summed E-state index contributed by atoms with van der Waals surface area (Å²) in [5.74, 6) is 0. The Kier molecular flexibility index (Phi) is 0.991. The summed E-state index contributed by atoms with van der Waals surface area (Å²) in [4.78, 5) is 0. The molecule has 0 heteroatoms. The molecule has 0 unspecified atom stereocenters. The van der Waals surface area contributed by atoms with E-state index in [1.54, 1.807) is 0 Å². The Morgan fingerprint density at radius 2 is 1.25 bits per heavy atom. The van der Waals surface area contributed by atoms with Crippen molar-refractivity contribution in [2.45, 2.75) is 0 Å². The molecule has 2 radical (unpaired) electrons. The molecule has 0 atom stereocenters. The van der Waals surface area contributed by atoms with E-state index in [0.29, 0.717) is 0 Å². The highest BCUT2D eigenvalue weighted by molar-refractivity contribution is 6.01. The molecule has 54 valence electrons. The Balaban J connectivity index is 2.34. The van der Waals surface area contributed by atoms with Crippen LogP contribution < -0.4 is 0 Å². The van der Waals surface area contributed by atoms with Gasteiger partial charge in [-0.15, -0.1) is 0 Å². The molecular formula is C12H6. The summed E-state index contributed by atoms with van der Waals surface area (Å²) in [5, 5.41) is 0. The highest BCUT2D eigenvalue weighted by atomic mass is 14.2. The minimum absolute atomic E-state index is 1.24. The Morgan fingerprint density at radius 3 is 1.75 bits per heavy atom. The molecule has 2 aromatic rings. The zero-order chi connectivity index (χ0) is 7.97. The topological polar surface area (TPSA) is 0 Å². The van der Waals surface area contributed by atoms with E-state index in [4.69, 9.17) is 0 Å². The Bertz CT molecular complexity index is 341. The monoisotopic (exact) mass is 150 g/mol. The maximum Gasteiger partial charge on any atom is -0.00197 e. The van der Waals surface area contributed by atoms with Crippen LogP contribution in [0.5, 0.6) is 0 Å². The van der Waals surface area contributed by atoms with Gasteiger partial charge in [0, 0.05) is 0 Å². The number of rotatable bonds is 0. The summed E-state index contributed by atoms with van der Waals surface area (Å²) in [6.07, 6.45) is 0. The van der Waals surface area contributed by atoms with E-state index in [9.17, 15) is 0 Å². The van der Waals surface area contributed by atoms with Gasteiger partial charge in [-0.3, -0.25) is 0 Å². The molecule has 0 N–H and O–H groups in total. The molecule has 0 amide bonds. The van der Waals surface area contributed by atoms with Gasteiger partial charge >= 0.3 is 0 Å². The van der Waals surface area contributed by atoms with Gasteiger partial charge in [0.1, 0.15) is 0 Å². The highest BCUT2D eigenvalue weighted by Gasteiger charge is 2.20. The van der Waals surface area contributed by atoms with Crippen molar-refractivity contribution in [1.29, 1.82) is 0 Å². The van der Waals surface area contributed by atoms with Crippen LogP contribution in [0.25, 0.3) is 22.3 Å². The fourth-order valence-electron chi connectivity index (χ4n) is 1.67. The number of hydrogen-bond acceptors (Lipinski definition) is 0. The van der Waals surface area contributed by atoms with Gasteiger partial charge < -0.3 is 0 Å².